The van der Waals surface area contributed by atoms with Crippen molar-refractivity contribution in [2.24, 2.45) is 0 Å². The van der Waals surface area contributed by atoms with Crippen LogP contribution in [0.1, 0.15) is 27.2 Å². The van der Waals surface area contributed by atoms with Gasteiger partial charge in [-0.15, -0.1) is 6.58 Å². The highest BCUT2D eigenvalue weighted by Crippen LogP contribution is 2.17. The van der Waals surface area contributed by atoms with E-state index in [1.165, 1.54) is 0 Å². The Hall–Kier alpha value is -0.310. The van der Waals surface area contributed by atoms with Gasteiger partial charge in [-0.1, -0.05) is 6.08 Å². The zero-order valence-electron chi connectivity index (χ0n) is 7.52. The molecule has 0 rings (SSSR count). The Morgan fingerprint density at radius 3 is 2.27 bits per heavy atom. The number of nitrogens with one attached hydrogen (secondary N) is 1. The molecular formula is C8H17NOS. The van der Waals surface area contributed by atoms with Crippen LogP contribution in [0.3, 0.4) is 0 Å². The quantitative estimate of drug-likeness (QED) is 0.657. The zero-order chi connectivity index (χ0) is 9.12. The second kappa shape index (κ2) is 3.39. The monoisotopic (exact) mass is 175 g/mol. The van der Waals surface area contributed by atoms with Crippen molar-refractivity contribution in [3.63, 3.8) is 0 Å². The minimum absolute atomic E-state index is 0.407. The third-order valence-corrected chi connectivity index (χ3v) is 4.39. The van der Waals surface area contributed by atoms with Crippen LogP contribution in [0.4, 0.5) is 0 Å². The lowest BCUT2D eigenvalue weighted by molar-refractivity contribution is 0.637. The van der Waals surface area contributed by atoms with Gasteiger partial charge in [0, 0.05) is 20.2 Å². The first-order valence-electron chi connectivity index (χ1n) is 3.68. The number of rotatable bonds is 3. The number of hydrogen-bond donors (Lipinski definition) is 1. The Kier molecular flexibility index (Phi) is 3.30. The van der Waals surface area contributed by atoms with Gasteiger partial charge in [0.1, 0.15) is 0 Å². The molecule has 0 aromatic rings. The van der Waals surface area contributed by atoms with Gasteiger partial charge in [0.15, 0.2) is 0 Å². The fourth-order valence-corrected chi connectivity index (χ4v) is 1.67. The fourth-order valence-electron chi connectivity index (χ4n) is 0.555. The van der Waals surface area contributed by atoms with Crippen LogP contribution in [0, 0.1) is 4.78 Å². The Bertz CT molecular complexity index is 221. The predicted molar refractivity (Wildman–Crippen MR) is 50.3 cm³/mol. The van der Waals surface area contributed by atoms with Crippen LogP contribution in [-0.4, -0.2) is 14.7 Å². The molecule has 1 unspecified atom stereocenters. The zero-order valence-corrected chi connectivity index (χ0v) is 8.33. The van der Waals surface area contributed by atoms with Crippen molar-refractivity contribution in [1.29, 1.82) is 4.78 Å². The Morgan fingerprint density at radius 2 is 2.00 bits per heavy atom. The van der Waals surface area contributed by atoms with Crippen LogP contribution >= 0.6 is 0 Å². The minimum Gasteiger partial charge on any atom is -0.252 e. The SMILES string of the molecule is C=CCCS(=N)(=O)C(C)(C)C. The highest BCUT2D eigenvalue weighted by atomic mass is 32.2. The molecular weight excluding hydrogens is 158 g/mol. The average molecular weight is 175 g/mol. The normalized spacial score (nSPS) is 17.4. The van der Waals surface area contributed by atoms with Gasteiger partial charge in [0.05, 0.1) is 0 Å². The molecule has 0 aromatic heterocycles. The van der Waals surface area contributed by atoms with E-state index < -0.39 is 14.5 Å². The molecule has 0 spiro atoms. The van der Waals surface area contributed by atoms with Crippen LogP contribution in [0.5, 0.6) is 0 Å². The molecule has 0 amide bonds. The molecule has 0 aromatic carbocycles. The van der Waals surface area contributed by atoms with E-state index >= 15 is 0 Å². The molecule has 0 aliphatic heterocycles. The highest BCUT2D eigenvalue weighted by molar-refractivity contribution is 7.93. The topological polar surface area (TPSA) is 40.9 Å². The second-order valence-corrected chi connectivity index (χ2v) is 6.55. The first-order chi connectivity index (χ1) is 4.81. The summed E-state index contributed by atoms with van der Waals surface area (Å²) in [6.45, 7) is 9.05. The van der Waals surface area contributed by atoms with E-state index in [1.807, 2.05) is 20.8 Å². The van der Waals surface area contributed by atoms with Crippen LogP contribution < -0.4 is 0 Å². The van der Waals surface area contributed by atoms with E-state index in [2.05, 4.69) is 6.58 Å². The molecule has 3 heteroatoms. The fraction of sp³-hybridized carbons (Fsp3) is 0.750. The van der Waals surface area contributed by atoms with E-state index in [1.54, 1.807) is 6.08 Å². The summed E-state index contributed by atoms with van der Waals surface area (Å²) in [5.74, 6) is 0.431. The van der Waals surface area contributed by atoms with Gasteiger partial charge in [-0.2, -0.15) is 0 Å². The Labute approximate surface area is 69.7 Å². The molecule has 11 heavy (non-hydrogen) atoms. The van der Waals surface area contributed by atoms with E-state index in [0.29, 0.717) is 12.2 Å². The lowest BCUT2D eigenvalue weighted by Gasteiger charge is -2.21. The molecule has 1 N–H and O–H groups in total. The average Bonchev–Trinajstić information content (AvgIpc) is 1.81. The maximum Gasteiger partial charge on any atom is 0.0494 e. The second-order valence-electron chi connectivity index (χ2n) is 3.57. The van der Waals surface area contributed by atoms with Gasteiger partial charge in [0.2, 0.25) is 0 Å². The summed E-state index contributed by atoms with van der Waals surface area (Å²) in [5, 5.41) is 0. The van der Waals surface area contributed by atoms with Crippen molar-refractivity contribution >= 4 is 9.73 Å². The van der Waals surface area contributed by atoms with Crippen LogP contribution in [0.15, 0.2) is 12.7 Å². The van der Waals surface area contributed by atoms with E-state index in [9.17, 15) is 4.21 Å². The summed E-state index contributed by atoms with van der Waals surface area (Å²) >= 11 is 0. The molecule has 2 nitrogen and oxygen atoms in total. The van der Waals surface area contributed by atoms with Crippen LogP contribution in [0.25, 0.3) is 0 Å². The summed E-state index contributed by atoms with van der Waals surface area (Å²) in [4.78, 5) is 0. The first kappa shape index (κ1) is 10.7. The summed E-state index contributed by atoms with van der Waals surface area (Å²) in [7, 11) is -2.43. The van der Waals surface area contributed by atoms with Crippen molar-refractivity contribution in [3.05, 3.63) is 12.7 Å². The third-order valence-electron chi connectivity index (χ3n) is 1.60. The maximum atomic E-state index is 11.6. The molecule has 0 bridgehead atoms. The lowest BCUT2D eigenvalue weighted by Crippen LogP contribution is -2.28. The summed E-state index contributed by atoms with van der Waals surface area (Å²) < 4.78 is 18.7. The van der Waals surface area contributed by atoms with Crippen molar-refractivity contribution < 1.29 is 4.21 Å². The molecule has 66 valence electrons. The molecule has 0 radical (unpaired) electrons. The summed E-state index contributed by atoms with van der Waals surface area (Å²) in [6.07, 6.45) is 2.37. The van der Waals surface area contributed by atoms with Crippen molar-refractivity contribution in [2.45, 2.75) is 31.9 Å². The largest absolute Gasteiger partial charge is 0.252 e. The van der Waals surface area contributed by atoms with Crippen molar-refractivity contribution in [2.75, 3.05) is 5.75 Å². The Morgan fingerprint density at radius 1 is 1.55 bits per heavy atom. The maximum absolute atomic E-state index is 11.6. The standard InChI is InChI=1S/C8H17NOS/c1-5-6-7-11(9,10)8(2,3)4/h5,9H,1,6-7H2,2-4H3. The van der Waals surface area contributed by atoms with E-state index in [-0.39, 0.29) is 0 Å². The van der Waals surface area contributed by atoms with Crippen molar-refractivity contribution in [1.82, 2.24) is 0 Å². The first-order valence-corrected chi connectivity index (χ1v) is 5.41. The van der Waals surface area contributed by atoms with Gasteiger partial charge in [-0.05, 0) is 27.2 Å². The minimum atomic E-state index is -2.43. The summed E-state index contributed by atoms with van der Waals surface area (Å²) in [6, 6.07) is 0. The molecule has 1 atom stereocenters. The molecule has 0 heterocycles. The van der Waals surface area contributed by atoms with Gasteiger partial charge >= 0.3 is 0 Å². The van der Waals surface area contributed by atoms with E-state index in [4.69, 9.17) is 4.78 Å². The smallest absolute Gasteiger partial charge is 0.0494 e. The van der Waals surface area contributed by atoms with E-state index in [0.717, 1.165) is 0 Å². The van der Waals surface area contributed by atoms with Gasteiger partial charge in [-0.3, -0.25) is 4.78 Å². The molecule has 0 aliphatic rings. The molecule has 0 aliphatic carbocycles. The van der Waals surface area contributed by atoms with Crippen molar-refractivity contribution in [3.8, 4) is 0 Å². The Balaban J connectivity index is 4.37. The van der Waals surface area contributed by atoms with Crippen LogP contribution in [-0.2, 0) is 9.73 Å². The van der Waals surface area contributed by atoms with Gasteiger partial charge in [0.25, 0.3) is 0 Å². The lowest BCUT2D eigenvalue weighted by atomic mass is 10.3. The predicted octanol–water partition coefficient (Wildman–Crippen LogP) is 2.41. The highest BCUT2D eigenvalue weighted by Gasteiger charge is 2.23. The van der Waals surface area contributed by atoms with Crippen LogP contribution in [0.2, 0.25) is 0 Å². The molecule has 0 saturated carbocycles. The summed E-state index contributed by atoms with van der Waals surface area (Å²) in [5.41, 5.74) is 0. The third kappa shape index (κ3) is 3.06. The molecule has 0 saturated heterocycles. The molecule has 0 fully saturated rings. The number of allylic oxidation sites excluding steroid dienone is 1. The van der Waals surface area contributed by atoms with Gasteiger partial charge < -0.3 is 0 Å². The number of hydrogen-bond acceptors (Lipinski definition) is 2. The van der Waals surface area contributed by atoms with Gasteiger partial charge in [-0.25, -0.2) is 4.21 Å².